The highest BCUT2D eigenvalue weighted by atomic mass is 16.2. The van der Waals surface area contributed by atoms with Crippen molar-refractivity contribution in [2.24, 2.45) is 0 Å². The van der Waals surface area contributed by atoms with Crippen molar-refractivity contribution in [1.29, 1.82) is 0 Å². The average Bonchev–Trinajstić information content (AvgIpc) is 2.52. The molecular formula is C18H19NO2. The van der Waals surface area contributed by atoms with Crippen molar-refractivity contribution < 1.29 is 9.59 Å². The van der Waals surface area contributed by atoms with Crippen molar-refractivity contribution in [1.82, 2.24) is 5.32 Å². The van der Waals surface area contributed by atoms with Crippen molar-refractivity contribution in [3.63, 3.8) is 0 Å². The lowest BCUT2D eigenvalue weighted by Gasteiger charge is -2.14. The molecule has 0 aliphatic rings. The van der Waals surface area contributed by atoms with Gasteiger partial charge in [0.15, 0.2) is 0 Å². The molecule has 3 nitrogen and oxygen atoms in total. The van der Waals surface area contributed by atoms with E-state index in [9.17, 15) is 9.59 Å². The van der Waals surface area contributed by atoms with Gasteiger partial charge in [0.05, 0.1) is 6.04 Å². The van der Waals surface area contributed by atoms with Gasteiger partial charge >= 0.3 is 0 Å². The molecule has 0 heterocycles. The summed E-state index contributed by atoms with van der Waals surface area (Å²) in [5.74, 6) is -0.196. The van der Waals surface area contributed by atoms with E-state index in [1.165, 1.54) is 0 Å². The fourth-order valence-electron chi connectivity index (χ4n) is 2.21. The Morgan fingerprint density at radius 2 is 1.76 bits per heavy atom. The highest BCUT2D eigenvalue weighted by Crippen LogP contribution is 2.08. The monoisotopic (exact) mass is 281 g/mol. The molecule has 0 saturated carbocycles. The van der Waals surface area contributed by atoms with Crippen molar-refractivity contribution in [3.8, 4) is 0 Å². The Morgan fingerprint density at radius 1 is 1.10 bits per heavy atom. The number of carbonyl (C=O) groups excluding carboxylic acids is 2. The van der Waals surface area contributed by atoms with Gasteiger partial charge in [-0.15, -0.1) is 0 Å². The first-order valence-corrected chi connectivity index (χ1v) is 7.06. The molecule has 1 N–H and O–H groups in total. The summed E-state index contributed by atoms with van der Waals surface area (Å²) in [7, 11) is 0. The molecule has 2 rings (SSSR count). The third-order valence-electron chi connectivity index (χ3n) is 3.46. The zero-order valence-corrected chi connectivity index (χ0v) is 12.1. The molecule has 0 spiro atoms. The number of hydrogen-bond donors (Lipinski definition) is 1. The predicted octanol–water partition coefficient (Wildman–Crippen LogP) is 2.93. The fourth-order valence-corrected chi connectivity index (χ4v) is 2.21. The number of amides is 1. The molecule has 2 aromatic carbocycles. The lowest BCUT2D eigenvalue weighted by molar-refractivity contribution is -0.109. The van der Waals surface area contributed by atoms with Gasteiger partial charge in [0.25, 0.3) is 5.91 Å². The molecule has 0 radical (unpaired) electrons. The normalized spacial score (nSPS) is 11.7. The standard InChI is InChI=1S/C18H19NO2/c1-14-7-5-6-10-17(14)18(21)19-16(13-20)12-11-15-8-3-2-4-9-15/h2-10,13,16H,11-12H2,1H3,(H,19,21). The van der Waals surface area contributed by atoms with Crippen LogP contribution in [-0.2, 0) is 11.2 Å². The molecular weight excluding hydrogens is 262 g/mol. The van der Waals surface area contributed by atoms with Crippen LogP contribution in [0, 0.1) is 6.92 Å². The van der Waals surface area contributed by atoms with E-state index in [2.05, 4.69) is 5.32 Å². The highest BCUT2D eigenvalue weighted by Gasteiger charge is 2.14. The number of hydrogen-bond acceptors (Lipinski definition) is 2. The Hall–Kier alpha value is -2.42. The second kappa shape index (κ2) is 7.39. The maximum atomic E-state index is 12.2. The largest absolute Gasteiger partial charge is 0.343 e. The molecule has 0 aliphatic heterocycles. The summed E-state index contributed by atoms with van der Waals surface area (Å²) in [6.45, 7) is 1.88. The second-order valence-corrected chi connectivity index (χ2v) is 5.06. The van der Waals surface area contributed by atoms with Crippen molar-refractivity contribution in [2.45, 2.75) is 25.8 Å². The Bertz CT molecular complexity index is 608. The minimum Gasteiger partial charge on any atom is -0.343 e. The number of aldehydes is 1. The average molecular weight is 281 g/mol. The minimum atomic E-state index is -0.461. The first-order valence-electron chi connectivity index (χ1n) is 7.06. The number of carbonyl (C=O) groups is 2. The molecule has 0 aliphatic carbocycles. The lowest BCUT2D eigenvalue weighted by atomic mass is 10.0. The molecule has 0 saturated heterocycles. The van der Waals surface area contributed by atoms with Crippen molar-refractivity contribution >= 4 is 12.2 Å². The summed E-state index contributed by atoms with van der Waals surface area (Å²) < 4.78 is 0. The zero-order chi connectivity index (χ0) is 15.1. The summed E-state index contributed by atoms with van der Waals surface area (Å²) >= 11 is 0. The van der Waals surface area contributed by atoms with Gasteiger partial charge in [0, 0.05) is 5.56 Å². The van der Waals surface area contributed by atoms with Gasteiger partial charge in [-0.25, -0.2) is 0 Å². The maximum Gasteiger partial charge on any atom is 0.252 e. The van der Waals surface area contributed by atoms with Crippen LogP contribution in [-0.4, -0.2) is 18.2 Å². The van der Waals surface area contributed by atoms with Crippen LogP contribution in [0.2, 0.25) is 0 Å². The third-order valence-corrected chi connectivity index (χ3v) is 3.46. The van der Waals surface area contributed by atoms with E-state index >= 15 is 0 Å². The van der Waals surface area contributed by atoms with Gasteiger partial charge in [-0.05, 0) is 37.0 Å². The van der Waals surface area contributed by atoms with Crippen molar-refractivity contribution in [3.05, 3.63) is 71.3 Å². The van der Waals surface area contributed by atoms with E-state index in [1.807, 2.05) is 55.5 Å². The number of nitrogens with one attached hydrogen (secondary N) is 1. The summed E-state index contributed by atoms with van der Waals surface area (Å²) in [4.78, 5) is 23.3. The number of rotatable bonds is 6. The number of aryl methyl sites for hydroxylation is 2. The summed E-state index contributed by atoms with van der Waals surface area (Å²) in [6.07, 6.45) is 2.17. The summed E-state index contributed by atoms with van der Waals surface area (Å²) in [5, 5.41) is 2.79. The first-order chi connectivity index (χ1) is 10.2. The smallest absolute Gasteiger partial charge is 0.252 e. The lowest BCUT2D eigenvalue weighted by Crippen LogP contribution is -2.36. The summed E-state index contributed by atoms with van der Waals surface area (Å²) in [5.41, 5.74) is 2.68. The highest BCUT2D eigenvalue weighted by molar-refractivity contribution is 5.96. The van der Waals surface area contributed by atoms with E-state index in [1.54, 1.807) is 6.07 Å². The Balaban J connectivity index is 1.95. The van der Waals surface area contributed by atoms with E-state index in [4.69, 9.17) is 0 Å². The fraction of sp³-hybridized carbons (Fsp3) is 0.222. The molecule has 0 aromatic heterocycles. The van der Waals surface area contributed by atoms with Crippen LogP contribution in [0.25, 0.3) is 0 Å². The molecule has 1 atom stereocenters. The molecule has 108 valence electrons. The van der Waals surface area contributed by atoms with Gasteiger partial charge in [0.2, 0.25) is 0 Å². The van der Waals surface area contributed by atoms with Crippen molar-refractivity contribution in [2.75, 3.05) is 0 Å². The summed E-state index contributed by atoms with van der Waals surface area (Å²) in [6, 6.07) is 16.8. The van der Waals surface area contributed by atoms with Crippen LogP contribution >= 0.6 is 0 Å². The molecule has 0 bridgehead atoms. The van der Waals surface area contributed by atoms with Crippen LogP contribution in [0.5, 0.6) is 0 Å². The van der Waals surface area contributed by atoms with Crippen LogP contribution < -0.4 is 5.32 Å². The molecule has 0 fully saturated rings. The van der Waals surface area contributed by atoms with Gasteiger partial charge < -0.3 is 10.1 Å². The van der Waals surface area contributed by atoms with Crippen LogP contribution in [0.4, 0.5) is 0 Å². The first kappa shape index (κ1) is 15.0. The van der Waals surface area contributed by atoms with E-state index in [0.717, 1.165) is 23.8 Å². The van der Waals surface area contributed by atoms with Crippen LogP contribution in [0.1, 0.15) is 27.9 Å². The Labute approximate surface area is 125 Å². The van der Waals surface area contributed by atoms with Gasteiger partial charge in [-0.3, -0.25) is 4.79 Å². The topological polar surface area (TPSA) is 46.2 Å². The van der Waals surface area contributed by atoms with E-state index in [0.29, 0.717) is 12.0 Å². The Kier molecular flexibility index (Phi) is 5.27. The maximum absolute atomic E-state index is 12.2. The van der Waals surface area contributed by atoms with Gasteiger partial charge in [-0.2, -0.15) is 0 Å². The second-order valence-electron chi connectivity index (χ2n) is 5.06. The molecule has 1 unspecified atom stereocenters. The van der Waals surface area contributed by atoms with Gasteiger partial charge in [-0.1, -0.05) is 48.5 Å². The van der Waals surface area contributed by atoms with Crippen LogP contribution in [0.15, 0.2) is 54.6 Å². The molecule has 21 heavy (non-hydrogen) atoms. The zero-order valence-electron chi connectivity index (χ0n) is 12.1. The number of benzene rings is 2. The van der Waals surface area contributed by atoms with Gasteiger partial charge in [0.1, 0.15) is 6.29 Å². The SMILES string of the molecule is Cc1ccccc1C(=O)NC(C=O)CCc1ccccc1. The third kappa shape index (κ3) is 4.28. The molecule has 1 amide bonds. The molecule has 3 heteroatoms. The quantitative estimate of drug-likeness (QED) is 0.827. The minimum absolute atomic E-state index is 0.196. The van der Waals surface area contributed by atoms with Crippen LogP contribution in [0.3, 0.4) is 0 Å². The van der Waals surface area contributed by atoms with E-state index < -0.39 is 6.04 Å². The Morgan fingerprint density at radius 3 is 2.43 bits per heavy atom. The predicted molar refractivity (Wildman–Crippen MR) is 83.3 cm³/mol. The molecule has 2 aromatic rings. The van der Waals surface area contributed by atoms with E-state index in [-0.39, 0.29) is 5.91 Å².